The van der Waals surface area contributed by atoms with Crippen molar-refractivity contribution < 1.29 is 4.79 Å². The van der Waals surface area contributed by atoms with Crippen LogP contribution in [0.15, 0.2) is 47.4 Å². The number of carbonyl (C=O) groups excluding carboxylic acids is 1. The summed E-state index contributed by atoms with van der Waals surface area (Å²) in [5.74, 6) is 0. The van der Waals surface area contributed by atoms with Gasteiger partial charge in [0.25, 0.3) is 0 Å². The monoisotopic (exact) mass is 419 g/mol. The summed E-state index contributed by atoms with van der Waals surface area (Å²) in [6.45, 7) is 5.04. The van der Waals surface area contributed by atoms with Crippen LogP contribution in [0.4, 0.5) is 16.2 Å². The lowest BCUT2D eigenvalue weighted by atomic mass is 10.1. The van der Waals surface area contributed by atoms with Crippen LogP contribution in [-0.4, -0.2) is 12.6 Å². The van der Waals surface area contributed by atoms with E-state index in [1.165, 1.54) is 30.4 Å². The molecular weight excluding hydrogens is 390 g/mol. The van der Waals surface area contributed by atoms with Gasteiger partial charge in [0, 0.05) is 27.8 Å². The Bertz CT molecular complexity index is 737. The van der Waals surface area contributed by atoms with Crippen molar-refractivity contribution in [2.75, 3.05) is 16.6 Å². The van der Waals surface area contributed by atoms with Gasteiger partial charge in [0.15, 0.2) is 0 Å². The van der Waals surface area contributed by atoms with Gasteiger partial charge in [0.1, 0.15) is 0 Å². The van der Waals surface area contributed by atoms with Crippen LogP contribution in [0.2, 0.25) is 5.02 Å². The second-order valence-electron chi connectivity index (χ2n) is 6.73. The van der Waals surface area contributed by atoms with Crippen molar-refractivity contribution in [2.45, 2.75) is 57.3 Å². The minimum atomic E-state index is -0.156. The van der Waals surface area contributed by atoms with E-state index in [1.807, 2.05) is 36.4 Å². The number of hydrogen-bond acceptors (Lipinski definition) is 3. The first kappa shape index (κ1) is 22.4. The van der Waals surface area contributed by atoms with Gasteiger partial charge in [0.05, 0.1) is 0 Å². The van der Waals surface area contributed by atoms with Crippen LogP contribution < -0.4 is 15.4 Å². The number of halogens is 1. The molecule has 0 heterocycles. The topological polar surface area (TPSA) is 53.2 Å². The lowest BCUT2D eigenvalue weighted by Gasteiger charge is -2.10. The van der Waals surface area contributed by atoms with Crippen LogP contribution in [-0.2, 0) is 6.42 Å². The normalized spacial score (nSPS) is 10.5. The summed E-state index contributed by atoms with van der Waals surface area (Å²) in [7, 11) is 0. The summed E-state index contributed by atoms with van der Waals surface area (Å²) in [5.41, 5.74) is 2.93. The maximum Gasteiger partial charge on any atom is 0.319 e. The lowest BCUT2D eigenvalue weighted by Crippen LogP contribution is -2.29. The summed E-state index contributed by atoms with van der Waals surface area (Å²) >= 11 is 7.84. The van der Waals surface area contributed by atoms with E-state index in [-0.39, 0.29) is 6.03 Å². The highest BCUT2D eigenvalue weighted by Gasteiger charge is 2.04. The zero-order valence-corrected chi connectivity index (χ0v) is 18.3. The average molecular weight is 420 g/mol. The van der Waals surface area contributed by atoms with Crippen molar-refractivity contribution in [2.24, 2.45) is 0 Å². The fourth-order valence-corrected chi connectivity index (χ4v) is 3.65. The van der Waals surface area contributed by atoms with Crippen LogP contribution in [0.3, 0.4) is 0 Å². The predicted octanol–water partition coefficient (Wildman–Crippen LogP) is 7.11. The van der Waals surface area contributed by atoms with E-state index in [4.69, 9.17) is 11.6 Å². The largest absolute Gasteiger partial charge is 0.338 e. The first-order valence-corrected chi connectivity index (χ1v) is 11.2. The minimum Gasteiger partial charge on any atom is -0.338 e. The molecule has 2 amide bonds. The Labute approximate surface area is 178 Å². The van der Waals surface area contributed by atoms with E-state index in [0.29, 0.717) is 6.54 Å². The number of rotatable bonds is 11. The molecule has 0 unspecified atom stereocenters. The molecule has 2 aromatic carbocycles. The van der Waals surface area contributed by atoms with Crippen molar-refractivity contribution in [1.82, 2.24) is 5.32 Å². The molecule has 3 N–H and O–H groups in total. The molecule has 2 aromatic rings. The molecule has 2 rings (SSSR count). The zero-order chi connectivity index (χ0) is 20.2. The first-order valence-electron chi connectivity index (χ1n) is 9.98. The van der Waals surface area contributed by atoms with Gasteiger partial charge in [0.2, 0.25) is 0 Å². The second-order valence-corrected chi connectivity index (χ2v) is 8.01. The highest BCUT2D eigenvalue weighted by molar-refractivity contribution is 8.00. The van der Waals surface area contributed by atoms with Gasteiger partial charge in [-0.25, -0.2) is 4.79 Å². The fraction of sp³-hybridized carbons (Fsp3) is 0.409. The molecule has 0 bridgehead atoms. The number of unbranched alkanes of at least 4 members (excludes halogenated alkanes) is 3. The molecular formula is C22H30ClN3OS. The molecule has 0 aliphatic carbocycles. The Hall–Kier alpha value is -1.85. The number of amides is 2. The Morgan fingerprint density at radius 1 is 0.964 bits per heavy atom. The van der Waals surface area contributed by atoms with Gasteiger partial charge in [-0.1, -0.05) is 57.2 Å². The third kappa shape index (κ3) is 8.03. The molecule has 0 saturated heterocycles. The van der Waals surface area contributed by atoms with E-state index in [1.54, 1.807) is 0 Å². The van der Waals surface area contributed by atoms with Gasteiger partial charge in [-0.2, -0.15) is 0 Å². The second kappa shape index (κ2) is 12.6. The van der Waals surface area contributed by atoms with Crippen LogP contribution in [0, 0.1) is 0 Å². The number of carbonyl (C=O) groups is 1. The third-order valence-corrected chi connectivity index (χ3v) is 5.48. The molecule has 4 nitrogen and oxygen atoms in total. The van der Waals surface area contributed by atoms with Crippen molar-refractivity contribution in [1.29, 1.82) is 0 Å². The molecule has 0 aliphatic heterocycles. The molecule has 0 aliphatic rings. The van der Waals surface area contributed by atoms with E-state index in [2.05, 4.69) is 35.3 Å². The highest BCUT2D eigenvalue weighted by Crippen LogP contribution is 2.27. The number of benzene rings is 2. The smallest absolute Gasteiger partial charge is 0.319 e. The molecule has 152 valence electrons. The quantitative estimate of drug-likeness (QED) is 0.268. The maximum absolute atomic E-state index is 11.9. The molecule has 0 aromatic heterocycles. The van der Waals surface area contributed by atoms with Crippen LogP contribution >= 0.6 is 23.5 Å². The van der Waals surface area contributed by atoms with Crippen molar-refractivity contribution in [3.8, 4) is 0 Å². The predicted molar refractivity (Wildman–Crippen MR) is 123 cm³/mol. The highest BCUT2D eigenvalue weighted by atomic mass is 35.5. The SMILES string of the molecule is CCCCCCNC(=O)Nc1ccc(SNc2ccc(CCC)c(Cl)c2)cc1. The number of urea groups is 1. The molecule has 0 spiro atoms. The summed E-state index contributed by atoms with van der Waals surface area (Å²) in [6, 6.07) is 13.7. The van der Waals surface area contributed by atoms with Crippen molar-refractivity contribution in [3.05, 3.63) is 53.1 Å². The van der Waals surface area contributed by atoms with Crippen molar-refractivity contribution in [3.63, 3.8) is 0 Å². The zero-order valence-electron chi connectivity index (χ0n) is 16.7. The lowest BCUT2D eigenvalue weighted by molar-refractivity contribution is 0.252. The number of nitrogens with one attached hydrogen (secondary N) is 3. The van der Waals surface area contributed by atoms with Gasteiger partial charge >= 0.3 is 6.03 Å². The third-order valence-electron chi connectivity index (χ3n) is 4.29. The standard InChI is InChI=1S/C22H30ClN3OS/c1-3-5-6-7-15-24-22(27)25-18-11-13-20(14-12-18)28-26-19-10-9-17(8-4-2)21(23)16-19/h9-14,16,26H,3-8,15H2,1-2H3,(H2,24,25,27). The molecule has 0 saturated carbocycles. The summed E-state index contributed by atoms with van der Waals surface area (Å²) in [5, 5.41) is 6.55. The summed E-state index contributed by atoms with van der Waals surface area (Å²) in [4.78, 5) is 12.9. The summed E-state index contributed by atoms with van der Waals surface area (Å²) < 4.78 is 3.31. The average Bonchev–Trinajstić information content (AvgIpc) is 2.69. The van der Waals surface area contributed by atoms with E-state index >= 15 is 0 Å². The Morgan fingerprint density at radius 3 is 2.39 bits per heavy atom. The molecule has 0 atom stereocenters. The number of anilines is 2. The summed E-state index contributed by atoms with van der Waals surface area (Å²) in [6.07, 6.45) is 6.66. The molecule has 6 heteroatoms. The number of hydrogen-bond donors (Lipinski definition) is 3. The Kier molecular flexibility index (Phi) is 10.1. The van der Waals surface area contributed by atoms with Gasteiger partial charge in [-0.15, -0.1) is 0 Å². The van der Waals surface area contributed by atoms with Gasteiger partial charge < -0.3 is 15.4 Å². The van der Waals surface area contributed by atoms with E-state index in [9.17, 15) is 4.79 Å². The van der Waals surface area contributed by atoms with Crippen molar-refractivity contribution >= 4 is 41.0 Å². The van der Waals surface area contributed by atoms with E-state index in [0.717, 1.165) is 47.0 Å². The van der Waals surface area contributed by atoms with Gasteiger partial charge in [-0.3, -0.25) is 0 Å². The van der Waals surface area contributed by atoms with Crippen LogP contribution in [0.5, 0.6) is 0 Å². The maximum atomic E-state index is 11.9. The number of aryl methyl sites for hydroxylation is 1. The first-order chi connectivity index (χ1) is 13.6. The fourth-order valence-electron chi connectivity index (χ4n) is 2.74. The molecule has 0 radical (unpaired) electrons. The minimum absolute atomic E-state index is 0.156. The van der Waals surface area contributed by atoms with Crippen LogP contribution in [0.25, 0.3) is 0 Å². The molecule has 0 fully saturated rings. The Morgan fingerprint density at radius 2 is 1.71 bits per heavy atom. The van der Waals surface area contributed by atoms with E-state index < -0.39 is 0 Å². The molecule has 28 heavy (non-hydrogen) atoms. The van der Waals surface area contributed by atoms with Crippen LogP contribution in [0.1, 0.15) is 51.5 Å². The van der Waals surface area contributed by atoms with Gasteiger partial charge in [-0.05, 0) is 66.8 Å². The Balaban J connectivity index is 1.76.